The van der Waals surface area contributed by atoms with Crippen LogP contribution in [0.5, 0.6) is 17.2 Å². The first-order valence-electron chi connectivity index (χ1n) is 20.9. The molecule has 3 aromatic rings. The number of nitrogens with one attached hydrogen (secondary N) is 2. The van der Waals surface area contributed by atoms with Gasteiger partial charge < -0.3 is 34.5 Å². The Morgan fingerprint density at radius 3 is 1.40 bits per heavy atom. The predicted octanol–water partition coefficient (Wildman–Crippen LogP) is 9.68. The van der Waals surface area contributed by atoms with Gasteiger partial charge in [-0.2, -0.15) is 0 Å². The molecule has 57 heavy (non-hydrogen) atoms. The van der Waals surface area contributed by atoms with Gasteiger partial charge in [0.2, 0.25) is 0 Å². The summed E-state index contributed by atoms with van der Waals surface area (Å²) in [7, 11) is 5.33. The third kappa shape index (κ3) is 9.05. The van der Waals surface area contributed by atoms with Crippen LogP contribution in [0, 0.1) is 20.8 Å². The fraction of sp³-hybridized carbons (Fsp3) is 0.596. The molecule has 3 aliphatic carbocycles. The summed E-state index contributed by atoms with van der Waals surface area (Å²) in [5.41, 5.74) is 12.0. The number of ether oxygens (including phenoxy) is 4. The highest BCUT2D eigenvalue weighted by molar-refractivity contribution is 5.85. The molecule has 1 amide bonds. The Morgan fingerprint density at radius 1 is 0.596 bits per heavy atom. The molecule has 10 heteroatoms. The summed E-state index contributed by atoms with van der Waals surface area (Å²) >= 11 is 0. The Kier molecular flexibility index (Phi) is 14.8. The van der Waals surface area contributed by atoms with Crippen LogP contribution in [0.2, 0.25) is 0 Å². The third-order valence-corrected chi connectivity index (χ3v) is 13.3. The summed E-state index contributed by atoms with van der Waals surface area (Å²) in [4.78, 5) is 14.4. The van der Waals surface area contributed by atoms with Crippen LogP contribution in [0.1, 0.15) is 127 Å². The molecule has 3 aromatic carbocycles. The van der Waals surface area contributed by atoms with E-state index < -0.39 is 5.60 Å². The lowest BCUT2D eigenvalue weighted by atomic mass is 9.78. The van der Waals surface area contributed by atoms with Gasteiger partial charge >= 0.3 is 6.09 Å². The van der Waals surface area contributed by atoms with Crippen molar-refractivity contribution in [2.45, 2.75) is 141 Å². The van der Waals surface area contributed by atoms with Crippen molar-refractivity contribution in [3.05, 3.63) is 86.5 Å². The number of amides is 1. The number of fused-ring (bicyclic) bond motifs is 9. The van der Waals surface area contributed by atoms with Gasteiger partial charge in [-0.15, -0.1) is 24.8 Å². The standard InChI is InChI=1S/C19H27NO3.2C14H19NO.2ClH/c1-12-6-7-13-14-10-11-20(18(21)23-19(2,3)4)16(14)9-8-15(13)17(12)22-5;2*1-9-3-4-10-11-7-8-15-13(11)6-5-12(10)14(9)16-2;;/h6-7,14,16H,8-11H2,1-5H3;2*3-4,11,13,15H,5-8H2,1-2H3;2*1H/t14?,16-;2*11-,13-;;/m010../s1. The molecule has 9 rings (SSSR count). The van der Waals surface area contributed by atoms with Crippen molar-refractivity contribution < 1.29 is 23.7 Å². The highest BCUT2D eigenvalue weighted by Crippen LogP contribution is 2.46. The first-order valence-corrected chi connectivity index (χ1v) is 20.9. The molecule has 0 spiro atoms. The Balaban J connectivity index is 0.000000164. The molecular formula is C47H67Cl2N3O5. The van der Waals surface area contributed by atoms with Gasteiger partial charge in [0, 0.05) is 42.4 Å². The van der Waals surface area contributed by atoms with Crippen LogP contribution in [-0.2, 0) is 24.0 Å². The highest BCUT2D eigenvalue weighted by atomic mass is 35.5. The van der Waals surface area contributed by atoms with Crippen LogP contribution in [0.25, 0.3) is 0 Å². The van der Waals surface area contributed by atoms with Gasteiger partial charge in [-0.05, 0) is 162 Å². The molecule has 314 valence electrons. The Labute approximate surface area is 354 Å². The molecule has 3 aliphatic heterocycles. The van der Waals surface area contributed by atoms with Crippen molar-refractivity contribution >= 4 is 30.9 Å². The summed E-state index contributed by atoms with van der Waals surface area (Å²) in [6.07, 6.45) is 10.2. The summed E-state index contributed by atoms with van der Waals surface area (Å²) in [6.45, 7) is 15.2. The SMILES string of the molecule is COc1c(C)ccc2c1CC[C@@H]1NCC[C@@H]21.COc1c(C)ccc2c1CC[C@H]1C2CCN1C(=O)OC(C)(C)C.COc1c(C)ccc2c1CC[C@H]1NCC[C@H]21.Cl.Cl. The van der Waals surface area contributed by atoms with E-state index in [1.807, 2.05) is 25.7 Å². The number of methoxy groups -OCH3 is 3. The van der Waals surface area contributed by atoms with Crippen molar-refractivity contribution in [1.82, 2.24) is 15.5 Å². The van der Waals surface area contributed by atoms with Gasteiger partial charge in [-0.1, -0.05) is 36.4 Å². The molecule has 0 aromatic heterocycles. The maximum absolute atomic E-state index is 12.5. The highest BCUT2D eigenvalue weighted by Gasteiger charge is 2.43. The maximum Gasteiger partial charge on any atom is 0.410 e. The largest absolute Gasteiger partial charge is 0.496 e. The van der Waals surface area contributed by atoms with Crippen molar-refractivity contribution in [2.75, 3.05) is 41.0 Å². The van der Waals surface area contributed by atoms with Crippen LogP contribution in [0.4, 0.5) is 4.79 Å². The second-order valence-corrected chi connectivity index (χ2v) is 17.6. The third-order valence-electron chi connectivity index (χ3n) is 13.3. The molecule has 2 N–H and O–H groups in total. The number of hydrogen-bond donors (Lipinski definition) is 2. The van der Waals surface area contributed by atoms with E-state index in [1.165, 1.54) is 88.8 Å². The lowest BCUT2D eigenvalue weighted by molar-refractivity contribution is 0.0209. The molecule has 0 bridgehead atoms. The Morgan fingerprint density at radius 2 is 1.00 bits per heavy atom. The number of benzene rings is 3. The minimum Gasteiger partial charge on any atom is -0.496 e. The minimum atomic E-state index is -0.442. The molecule has 8 nitrogen and oxygen atoms in total. The number of hydrogen-bond acceptors (Lipinski definition) is 7. The van der Waals surface area contributed by atoms with Gasteiger partial charge in [0.1, 0.15) is 22.8 Å². The fourth-order valence-corrected chi connectivity index (χ4v) is 10.8. The Bertz CT molecular complexity index is 1800. The van der Waals surface area contributed by atoms with E-state index in [9.17, 15) is 4.79 Å². The fourth-order valence-electron chi connectivity index (χ4n) is 10.8. The lowest BCUT2D eigenvalue weighted by Crippen LogP contribution is -2.42. The summed E-state index contributed by atoms with van der Waals surface area (Å²) in [5, 5.41) is 7.22. The molecule has 1 unspecified atom stereocenters. The summed E-state index contributed by atoms with van der Waals surface area (Å²) in [5.74, 6) is 5.12. The molecule has 3 saturated heterocycles. The summed E-state index contributed by atoms with van der Waals surface area (Å²) in [6, 6.07) is 15.1. The van der Waals surface area contributed by atoms with Gasteiger partial charge in [0.15, 0.2) is 0 Å². The first kappa shape index (κ1) is 44.9. The maximum atomic E-state index is 12.5. The monoisotopic (exact) mass is 823 g/mol. The second-order valence-electron chi connectivity index (χ2n) is 17.6. The second kappa shape index (κ2) is 18.8. The zero-order valence-corrected chi connectivity index (χ0v) is 37.4. The summed E-state index contributed by atoms with van der Waals surface area (Å²) < 4.78 is 22.4. The normalized spacial score (nSPS) is 24.8. The average molecular weight is 825 g/mol. The van der Waals surface area contributed by atoms with E-state index >= 15 is 0 Å². The average Bonchev–Trinajstić information content (AvgIpc) is 3.94. The molecular weight excluding hydrogens is 757 g/mol. The molecule has 6 atom stereocenters. The van der Waals surface area contributed by atoms with Crippen LogP contribution in [0.3, 0.4) is 0 Å². The topological polar surface area (TPSA) is 81.3 Å². The van der Waals surface area contributed by atoms with Gasteiger partial charge in [0.05, 0.1) is 21.3 Å². The van der Waals surface area contributed by atoms with Crippen LogP contribution >= 0.6 is 24.8 Å². The Hall–Kier alpha value is -3.17. The van der Waals surface area contributed by atoms with E-state index in [2.05, 4.69) is 67.8 Å². The van der Waals surface area contributed by atoms with E-state index in [4.69, 9.17) is 18.9 Å². The number of likely N-dealkylation sites (tertiary alicyclic amines) is 1. The van der Waals surface area contributed by atoms with Crippen LogP contribution < -0.4 is 24.8 Å². The van der Waals surface area contributed by atoms with Gasteiger partial charge in [-0.25, -0.2) is 4.79 Å². The number of aryl methyl sites for hydroxylation is 3. The first-order chi connectivity index (χ1) is 26.4. The zero-order valence-electron chi connectivity index (χ0n) is 35.7. The molecule has 3 fully saturated rings. The van der Waals surface area contributed by atoms with Crippen molar-refractivity contribution in [3.63, 3.8) is 0 Å². The quantitative estimate of drug-likeness (QED) is 0.272. The number of carbonyl (C=O) groups is 1. The molecule has 6 aliphatic rings. The number of rotatable bonds is 3. The van der Waals surface area contributed by atoms with E-state index in [1.54, 1.807) is 21.3 Å². The van der Waals surface area contributed by atoms with E-state index in [0.29, 0.717) is 18.0 Å². The smallest absolute Gasteiger partial charge is 0.410 e. The number of nitrogens with zero attached hydrogens (tertiary/aromatic N) is 1. The van der Waals surface area contributed by atoms with Gasteiger partial charge in [0.25, 0.3) is 0 Å². The zero-order chi connectivity index (χ0) is 39.0. The molecule has 0 saturated carbocycles. The molecule has 3 heterocycles. The van der Waals surface area contributed by atoms with Crippen LogP contribution in [-0.4, -0.2) is 75.7 Å². The van der Waals surface area contributed by atoms with Crippen molar-refractivity contribution in [1.29, 1.82) is 0 Å². The lowest BCUT2D eigenvalue weighted by Gasteiger charge is -2.35. The predicted molar refractivity (Wildman–Crippen MR) is 235 cm³/mol. The van der Waals surface area contributed by atoms with Gasteiger partial charge in [-0.3, -0.25) is 0 Å². The van der Waals surface area contributed by atoms with Crippen LogP contribution in [0.15, 0.2) is 36.4 Å². The van der Waals surface area contributed by atoms with E-state index in [-0.39, 0.29) is 36.9 Å². The van der Waals surface area contributed by atoms with E-state index in [0.717, 1.165) is 67.7 Å². The minimum absolute atomic E-state index is 0. The van der Waals surface area contributed by atoms with Crippen molar-refractivity contribution in [3.8, 4) is 17.2 Å². The number of carbonyl (C=O) groups excluding carboxylic acids is 1. The number of halogens is 2. The molecule has 0 radical (unpaired) electrons. The van der Waals surface area contributed by atoms with Crippen molar-refractivity contribution in [2.24, 2.45) is 0 Å².